The van der Waals surface area contributed by atoms with E-state index in [9.17, 15) is 9.59 Å². The molecule has 2 aliphatic rings. The zero-order valence-electron chi connectivity index (χ0n) is 9.91. The zero-order valence-corrected chi connectivity index (χ0v) is 10.7. The van der Waals surface area contributed by atoms with Gasteiger partial charge in [0.2, 0.25) is 5.91 Å². The Morgan fingerprint density at radius 2 is 2.12 bits per heavy atom. The molecule has 0 aromatic carbocycles. The lowest BCUT2D eigenvalue weighted by molar-refractivity contribution is -0.141. The maximum atomic E-state index is 11.8. The fraction of sp³-hybridized carbons (Fsp3) is 0.833. The molecule has 1 amide bonds. The summed E-state index contributed by atoms with van der Waals surface area (Å²) < 4.78 is 0. The van der Waals surface area contributed by atoms with Crippen LogP contribution in [0.1, 0.15) is 38.5 Å². The molecule has 1 aliphatic heterocycles. The first-order valence-corrected chi connectivity index (χ1v) is 7.27. The molecule has 4 nitrogen and oxygen atoms in total. The third-order valence-electron chi connectivity index (χ3n) is 3.80. The maximum absolute atomic E-state index is 11.8. The van der Waals surface area contributed by atoms with Crippen LogP contribution in [0.5, 0.6) is 0 Å². The van der Waals surface area contributed by atoms with E-state index in [1.54, 1.807) is 11.8 Å². The van der Waals surface area contributed by atoms with Gasteiger partial charge < -0.3 is 10.4 Å². The first-order chi connectivity index (χ1) is 8.11. The van der Waals surface area contributed by atoms with E-state index in [-0.39, 0.29) is 23.0 Å². The van der Waals surface area contributed by atoms with Crippen LogP contribution in [0, 0.1) is 5.41 Å². The molecular formula is C12H19NO3S. The summed E-state index contributed by atoms with van der Waals surface area (Å²) in [6, 6.07) is 0. The van der Waals surface area contributed by atoms with Crippen LogP contribution in [0.4, 0.5) is 0 Å². The van der Waals surface area contributed by atoms with Crippen LogP contribution in [0.25, 0.3) is 0 Å². The van der Waals surface area contributed by atoms with Crippen LogP contribution in [0.2, 0.25) is 0 Å². The number of hydrogen-bond acceptors (Lipinski definition) is 3. The molecule has 1 saturated heterocycles. The summed E-state index contributed by atoms with van der Waals surface area (Å²) in [5, 5.41) is 11.9. The van der Waals surface area contributed by atoms with Gasteiger partial charge in [-0.05, 0) is 36.9 Å². The van der Waals surface area contributed by atoms with Crippen LogP contribution < -0.4 is 5.32 Å². The molecule has 1 heterocycles. The van der Waals surface area contributed by atoms with Crippen LogP contribution >= 0.6 is 11.8 Å². The Balaban J connectivity index is 1.79. The van der Waals surface area contributed by atoms with Crippen LogP contribution in [-0.4, -0.2) is 34.5 Å². The third-order valence-corrected chi connectivity index (χ3v) is 5.18. The average molecular weight is 257 g/mol. The van der Waals surface area contributed by atoms with Crippen molar-refractivity contribution in [3.8, 4) is 0 Å². The lowest BCUT2D eigenvalue weighted by Crippen LogP contribution is -2.45. The van der Waals surface area contributed by atoms with Crippen molar-refractivity contribution in [1.82, 2.24) is 5.32 Å². The van der Waals surface area contributed by atoms with Gasteiger partial charge in [0.1, 0.15) is 0 Å². The minimum Gasteiger partial charge on any atom is -0.481 e. The highest BCUT2D eigenvalue weighted by atomic mass is 32.2. The molecule has 0 aromatic heterocycles. The van der Waals surface area contributed by atoms with Crippen LogP contribution in [0.3, 0.4) is 0 Å². The number of hydrogen-bond donors (Lipinski definition) is 2. The molecule has 5 heteroatoms. The second-order valence-corrected chi connectivity index (χ2v) is 6.45. The average Bonchev–Trinajstić information content (AvgIpc) is 2.74. The molecule has 2 fully saturated rings. The molecule has 1 unspecified atom stereocenters. The van der Waals surface area contributed by atoms with Gasteiger partial charge in [0.25, 0.3) is 0 Å². The van der Waals surface area contributed by atoms with Gasteiger partial charge in [-0.25, -0.2) is 0 Å². The SMILES string of the molecule is O=C(O)CC1(CNC(=O)C2CCCS2)CCC1. The lowest BCUT2D eigenvalue weighted by Gasteiger charge is -2.41. The standard InChI is InChI=1S/C12H19NO3S/c14-10(15)7-12(4-2-5-12)8-13-11(16)9-3-1-6-17-9/h9H,1-8H2,(H,13,16)(H,14,15). The topological polar surface area (TPSA) is 66.4 Å². The predicted molar refractivity (Wildman–Crippen MR) is 67.0 cm³/mol. The number of amides is 1. The highest BCUT2D eigenvalue weighted by Crippen LogP contribution is 2.43. The van der Waals surface area contributed by atoms with Gasteiger partial charge in [-0.3, -0.25) is 9.59 Å². The predicted octanol–water partition coefficient (Wildman–Crippen LogP) is 1.64. The highest BCUT2D eigenvalue weighted by Gasteiger charge is 2.39. The molecule has 0 bridgehead atoms. The molecule has 1 atom stereocenters. The van der Waals surface area contributed by atoms with Gasteiger partial charge in [-0.15, -0.1) is 11.8 Å². The van der Waals surface area contributed by atoms with Crippen molar-refractivity contribution in [2.24, 2.45) is 5.41 Å². The quantitative estimate of drug-likeness (QED) is 0.786. The summed E-state index contributed by atoms with van der Waals surface area (Å²) in [5.41, 5.74) is -0.162. The van der Waals surface area contributed by atoms with Gasteiger partial charge >= 0.3 is 5.97 Å². The second kappa shape index (κ2) is 5.29. The van der Waals surface area contributed by atoms with Crippen LogP contribution in [0.15, 0.2) is 0 Å². The normalized spacial score (nSPS) is 26.2. The van der Waals surface area contributed by atoms with Crippen molar-refractivity contribution in [2.75, 3.05) is 12.3 Å². The molecule has 96 valence electrons. The summed E-state index contributed by atoms with van der Waals surface area (Å²) in [6.07, 6.45) is 5.20. The molecule has 2 rings (SSSR count). The number of carbonyl (C=O) groups excluding carboxylic acids is 1. The number of carbonyl (C=O) groups is 2. The van der Waals surface area contributed by atoms with Crippen molar-refractivity contribution >= 4 is 23.6 Å². The molecule has 1 aliphatic carbocycles. The number of carboxylic acids is 1. The molecule has 2 N–H and O–H groups in total. The van der Waals surface area contributed by atoms with E-state index >= 15 is 0 Å². The fourth-order valence-electron chi connectivity index (χ4n) is 2.59. The summed E-state index contributed by atoms with van der Waals surface area (Å²) in [5.74, 6) is 0.414. The minimum absolute atomic E-state index is 0.0944. The Morgan fingerprint density at radius 1 is 1.35 bits per heavy atom. The van der Waals surface area contributed by atoms with Crippen molar-refractivity contribution in [2.45, 2.75) is 43.8 Å². The lowest BCUT2D eigenvalue weighted by atomic mass is 9.66. The van der Waals surface area contributed by atoms with E-state index in [1.165, 1.54) is 0 Å². The first-order valence-electron chi connectivity index (χ1n) is 6.22. The molecular weight excluding hydrogens is 238 g/mol. The Hall–Kier alpha value is -0.710. The van der Waals surface area contributed by atoms with Crippen molar-refractivity contribution < 1.29 is 14.7 Å². The van der Waals surface area contributed by atoms with Crippen LogP contribution in [-0.2, 0) is 9.59 Å². The summed E-state index contributed by atoms with van der Waals surface area (Å²) in [7, 11) is 0. The Morgan fingerprint density at radius 3 is 2.59 bits per heavy atom. The molecule has 17 heavy (non-hydrogen) atoms. The van der Waals surface area contributed by atoms with Crippen molar-refractivity contribution in [3.05, 3.63) is 0 Å². The van der Waals surface area contributed by atoms with Gasteiger partial charge in [-0.1, -0.05) is 6.42 Å². The van der Waals surface area contributed by atoms with Crippen molar-refractivity contribution in [1.29, 1.82) is 0 Å². The number of rotatable bonds is 5. The monoisotopic (exact) mass is 257 g/mol. The fourth-order valence-corrected chi connectivity index (χ4v) is 3.77. The Bertz CT molecular complexity index is 309. The first kappa shape index (κ1) is 12.7. The number of aliphatic carboxylic acids is 1. The number of nitrogens with one attached hydrogen (secondary N) is 1. The maximum Gasteiger partial charge on any atom is 0.303 e. The van der Waals surface area contributed by atoms with E-state index in [2.05, 4.69) is 5.32 Å². The van der Waals surface area contributed by atoms with Gasteiger partial charge in [0.05, 0.1) is 11.7 Å². The van der Waals surface area contributed by atoms with Gasteiger partial charge in [0.15, 0.2) is 0 Å². The van der Waals surface area contributed by atoms with E-state index in [0.29, 0.717) is 6.54 Å². The zero-order chi connectivity index (χ0) is 12.3. The Labute approximate surface area is 106 Å². The van der Waals surface area contributed by atoms with E-state index in [1.807, 2.05) is 0 Å². The Kier molecular flexibility index (Phi) is 3.97. The summed E-state index contributed by atoms with van der Waals surface area (Å²) in [4.78, 5) is 22.6. The second-order valence-electron chi connectivity index (χ2n) is 5.14. The van der Waals surface area contributed by atoms with Gasteiger partial charge in [0, 0.05) is 6.54 Å². The molecule has 0 radical (unpaired) electrons. The highest BCUT2D eigenvalue weighted by molar-refractivity contribution is 8.00. The largest absolute Gasteiger partial charge is 0.481 e. The van der Waals surface area contributed by atoms with Gasteiger partial charge in [-0.2, -0.15) is 0 Å². The van der Waals surface area contributed by atoms with Crippen molar-refractivity contribution in [3.63, 3.8) is 0 Å². The molecule has 0 spiro atoms. The smallest absolute Gasteiger partial charge is 0.303 e. The third kappa shape index (κ3) is 3.15. The molecule has 1 saturated carbocycles. The molecule has 0 aromatic rings. The van der Waals surface area contributed by atoms with E-state index < -0.39 is 5.97 Å². The summed E-state index contributed by atoms with van der Waals surface area (Å²) in [6.45, 7) is 0.537. The number of thioether (sulfide) groups is 1. The minimum atomic E-state index is -0.755. The number of carboxylic acid groups (broad SMARTS) is 1. The van der Waals surface area contributed by atoms with E-state index in [0.717, 1.165) is 37.9 Å². The summed E-state index contributed by atoms with van der Waals surface area (Å²) >= 11 is 1.71. The van der Waals surface area contributed by atoms with E-state index in [4.69, 9.17) is 5.11 Å².